The number of nitrogens with one attached hydrogen (secondary N) is 2. The van der Waals surface area contributed by atoms with E-state index in [1.807, 2.05) is 20.8 Å². The molecule has 0 spiro atoms. The summed E-state index contributed by atoms with van der Waals surface area (Å²) in [7, 11) is 0. The van der Waals surface area contributed by atoms with Crippen molar-refractivity contribution in [3.05, 3.63) is 40.4 Å². The molecule has 0 bridgehead atoms. The summed E-state index contributed by atoms with van der Waals surface area (Å²) in [6.07, 6.45) is 3.81. The van der Waals surface area contributed by atoms with Gasteiger partial charge in [0.05, 0.1) is 12.7 Å². The first-order valence-electron chi connectivity index (χ1n) is 8.09. The van der Waals surface area contributed by atoms with Gasteiger partial charge < -0.3 is 15.1 Å². The van der Waals surface area contributed by atoms with E-state index in [0.717, 1.165) is 24.0 Å². The number of rotatable bonds is 7. The lowest BCUT2D eigenvalue weighted by atomic mass is 10.0. The zero-order chi connectivity index (χ0) is 17.9. The Bertz CT molecular complexity index is 704. The summed E-state index contributed by atoms with van der Waals surface area (Å²) in [5, 5.41) is 6.27. The van der Waals surface area contributed by atoms with Crippen molar-refractivity contribution in [3.8, 4) is 0 Å². The van der Waals surface area contributed by atoms with Gasteiger partial charge in [0.15, 0.2) is 5.89 Å². The van der Waals surface area contributed by atoms with Crippen molar-refractivity contribution in [2.75, 3.05) is 0 Å². The maximum absolute atomic E-state index is 12.7. The molecule has 0 atom stereocenters. The van der Waals surface area contributed by atoms with Crippen LogP contribution in [0.3, 0.4) is 0 Å². The predicted octanol–water partition coefficient (Wildman–Crippen LogP) is 3.01. The first kappa shape index (κ1) is 18.0. The molecule has 1 aromatic heterocycles. The Hall–Kier alpha value is -2.37. The van der Waals surface area contributed by atoms with Crippen molar-refractivity contribution < 1.29 is 9.21 Å². The third-order valence-electron chi connectivity index (χ3n) is 4.13. The molecule has 1 heterocycles. The lowest BCUT2D eigenvalue weighted by Crippen LogP contribution is -2.30. The molecule has 24 heavy (non-hydrogen) atoms. The van der Waals surface area contributed by atoms with Crippen molar-refractivity contribution in [1.82, 2.24) is 15.6 Å². The number of hydrogen-bond donors (Lipinski definition) is 2. The third-order valence-corrected chi connectivity index (χ3v) is 4.13. The van der Waals surface area contributed by atoms with Crippen LogP contribution in [0, 0.1) is 6.92 Å². The molecule has 1 aliphatic carbocycles. The first-order valence-corrected chi connectivity index (χ1v) is 8.09. The lowest BCUT2D eigenvalue weighted by molar-refractivity contribution is -0.117. The van der Waals surface area contributed by atoms with E-state index < -0.39 is 0 Å². The van der Waals surface area contributed by atoms with E-state index in [1.165, 1.54) is 0 Å². The average molecular weight is 330 g/mol. The van der Waals surface area contributed by atoms with Crippen molar-refractivity contribution in [1.29, 1.82) is 0 Å². The Morgan fingerprint density at radius 1 is 1.42 bits per heavy atom. The van der Waals surface area contributed by atoms with Crippen molar-refractivity contribution >= 4 is 12.6 Å². The molecule has 0 saturated heterocycles. The highest BCUT2D eigenvalue weighted by atomic mass is 16.4. The van der Waals surface area contributed by atoms with E-state index in [-0.39, 0.29) is 11.4 Å². The fraction of sp³-hybridized carbons (Fsp3) is 0.500. The number of hydrogen-bond acceptors (Lipinski definition) is 5. The SMILES string of the molecule is C=N/C(NC1(C)CC1)=C(\C)C(C(=O)NCc1cnc(C)o1)=C(C)C. The van der Waals surface area contributed by atoms with Crippen molar-refractivity contribution in [2.45, 2.75) is 59.5 Å². The summed E-state index contributed by atoms with van der Waals surface area (Å²) in [6, 6.07) is 0. The van der Waals surface area contributed by atoms with Gasteiger partial charge in [0.2, 0.25) is 0 Å². The molecule has 1 saturated carbocycles. The topological polar surface area (TPSA) is 79.5 Å². The maximum atomic E-state index is 12.7. The minimum absolute atomic E-state index is 0.0678. The van der Waals surface area contributed by atoms with Gasteiger partial charge in [-0.2, -0.15) is 0 Å². The fourth-order valence-electron chi connectivity index (χ4n) is 2.48. The molecule has 0 unspecified atom stereocenters. The fourth-order valence-corrected chi connectivity index (χ4v) is 2.48. The average Bonchev–Trinajstić information content (AvgIpc) is 3.09. The van der Waals surface area contributed by atoms with Crippen LogP contribution in [-0.4, -0.2) is 23.1 Å². The highest BCUT2D eigenvalue weighted by Gasteiger charge is 2.38. The molecule has 6 nitrogen and oxygen atoms in total. The number of amides is 1. The molecule has 0 aliphatic heterocycles. The first-order chi connectivity index (χ1) is 11.3. The molecule has 0 radical (unpaired) electrons. The summed E-state index contributed by atoms with van der Waals surface area (Å²) >= 11 is 0. The standard InChI is InChI=1S/C18H26N4O2/c1-11(2)15(12(3)16(19-6)22-18(5)7-8-18)17(23)21-10-14-9-20-13(4)24-14/h9,22H,6-8,10H2,1-5H3,(H,21,23)/b16-12-. The predicted molar refractivity (Wildman–Crippen MR) is 94.5 cm³/mol. The van der Waals surface area contributed by atoms with Crippen LogP contribution in [0.5, 0.6) is 0 Å². The summed E-state index contributed by atoms with van der Waals surface area (Å²) in [4.78, 5) is 20.8. The normalized spacial score (nSPS) is 16.0. The maximum Gasteiger partial charge on any atom is 0.251 e. The number of allylic oxidation sites excluding steroid dienone is 1. The molecule has 6 heteroatoms. The molecule has 2 rings (SSSR count). The van der Waals surface area contributed by atoms with Gasteiger partial charge in [-0.15, -0.1) is 0 Å². The Labute approximate surface area is 143 Å². The molecular weight excluding hydrogens is 304 g/mol. The third kappa shape index (κ3) is 4.34. The number of carbonyl (C=O) groups excluding carboxylic acids is 1. The second kappa shape index (κ2) is 7.03. The second-order valence-corrected chi connectivity index (χ2v) is 6.72. The number of carbonyl (C=O) groups is 1. The minimum Gasteiger partial charge on any atom is -0.444 e. The van der Waals surface area contributed by atoms with Crippen LogP contribution in [0.25, 0.3) is 0 Å². The Morgan fingerprint density at radius 3 is 2.54 bits per heavy atom. The molecule has 1 aromatic rings. The van der Waals surface area contributed by atoms with Gasteiger partial charge in [-0.1, -0.05) is 5.57 Å². The van der Waals surface area contributed by atoms with E-state index >= 15 is 0 Å². The Morgan fingerprint density at radius 2 is 2.08 bits per heavy atom. The molecule has 1 fully saturated rings. The zero-order valence-electron chi connectivity index (χ0n) is 15.1. The molecule has 1 aliphatic rings. The Kier molecular flexibility index (Phi) is 5.26. The molecule has 1 amide bonds. The van der Waals surface area contributed by atoms with E-state index in [9.17, 15) is 4.79 Å². The number of oxazole rings is 1. The van der Waals surface area contributed by atoms with E-state index in [1.54, 1.807) is 13.1 Å². The van der Waals surface area contributed by atoms with Gasteiger partial charge >= 0.3 is 0 Å². The van der Waals surface area contributed by atoms with Crippen molar-refractivity contribution in [3.63, 3.8) is 0 Å². The highest BCUT2D eigenvalue weighted by Crippen LogP contribution is 2.36. The minimum atomic E-state index is -0.162. The van der Waals surface area contributed by atoms with Crippen molar-refractivity contribution in [2.24, 2.45) is 4.99 Å². The van der Waals surface area contributed by atoms with Gasteiger partial charge in [-0.05, 0) is 47.3 Å². The largest absolute Gasteiger partial charge is 0.444 e. The number of aryl methyl sites for hydroxylation is 1. The lowest BCUT2D eigenvalue weighted by Gasteiger charge is -2.18. The van der Waals surface area contributed by atoms with Crippen LogP contribution in [0.15, 0.2) is 38.1 Å². The molecule has 0 aromatic carbocycles. The Balaban J connectivity index is 2.16. The quantitative estimate of drug-likeness (QED) is 0.457. The van der Waals surface area contributed by atoms with Crippen LogP contribution in [-0.2, 0) is 11.3 Å². The highest BCUT2D eigenvalue weighted by molar-refractivity contribution is 5.98. The van der Waals surface area contributed by atoms with E-state index in [2.05, 4.69) is 34.3 Å². The van der Waals surface area contributed by atoms with Crippen LogP contribution in [0.2, 0.25) is 0 Å². The number of aromatic nitrogens is 1. The number of aliphatic imine (C=N–C) groups is 1. The molecule has 2 N–H and O–H groups in total. The van der Waals surface area contributed by atoms with Crippen LogP contribution >= 0.6 is 0 Å². The van der Waals surface area contributed by atoms with Gasteiger partial charge in [-0.3, -0.25) is 4.79 Å². The van der Waals surface area contributed by atoms with Gasteiger partial charge in [0.25, 0.3) is 5.91 Å². The van der Waals surface area contributed by atoms with Crippen LogP contribution < -0.4 is 10.6 Å². The monoisotopic (exact) mass is 330 g/mol. The van der Waals surface area contributed by atoms with Crippen LogP contribution in [0.1, 0.15) is 52.2 Å². The van der Waals surface area contributed by atoms with Gasteiger partial charge in [-0.25, -0.2) is 9.98 Å². The summed E-state index contributed by atoms with van der Waals surface area (Å²) in [5.41, 5.74) is 2.40. The summed E-state index contributed by atoms with van der Waals surface area (Å²) in [6.45, 7) is 13.6. The van der Waals surface area contributed by atoms with E-state index in [0.29, 0.717) is 29.6 Å². The smallest absolute Gasteiger partial charge is 0.251 e. The van der Waals surface area contributed by atoms with Gasteiger partial charge in [0, 0.05) is 23.6 Å². The second-order valence-electron chi connectivity index (χ2n) is 6.72. The van der Waals surface area contributed by atoms with E-state index in [4.69, 9.17) is 4.42 Å². The van der Waals surface area contributed by atoms with Gasteiger partial charge in [0.1, 0.15) is 11.6 Å². The summed E-state index contributed by atoms with van der Waals surface area (Å²) in [5.74, 6) is 1.71. The van der Waals surface area contributed by atoms with Crippen LogP contribution in [0.4, 0.5) is 0 Å². The molecular formula is C18H26N4O2. The number of nitrogens with zero attached hydrogens (tertiary/aromatic N) is 2. The zero-order valence-corrected chi connectivity index (χ0v) is 15.1. The molecule has 130 valence electrons. The summed E-state index contributed by atoms with van der Waals surface area (Å²) < 4.78 is 5.38.